The van der Waals surface area contributed by atoms with E-state index >= 15 is 0 Å². The van der Waals surface area contributed by atoms with Crippen molar-refractivity contribution in [1.29, 1.82) is 0 Å². The summed E-state index contributed by atoms with van der Waals surface area (Å²) in [4.78, 5) is 16.2. The molecule has 0 unspecified atom stereocenters. The molecule has 1 amide bonds. The second-order valence-corrected chi connectivity index (χ2v) is 6.33. The summed E-state index contributed by atoms with van der Waals surface area (Å²) in [7, 11) is 3.15. The first-order valence-electron chi connectivity index (χ1n) is 9.36. The molecule has 158 valence electrons. The Bertz CT molecular complexity index is 958. The van der Waals surface area contributed by atoms with Crippen molar-refractivity contribution in [2.45, 2.75) is 12.6 Å². The fraction of sp³-hybridized carbons (Fsp3) is 0.286. The van der Waals surface area contributed by atoms with Gasteiger partial charge in [0.05, 0.1) is 33.4 Å². The molecule has 0 saturated heterocycles. The Labute approximate surface area is 174 Å². The van der Waals surface area contributed by atoms with Crippen LogP contribution in [-0.4, -0.2) is 53.1 Å². The smallest absolute Gasteiger partial charge is 0.291 e. The molecule has 3 rings (SSSR count). The molecule has 0 spiro atoms. The maximum atomic E-state index is 12.2. The van der Waals surface area contributed by atoms with E-state index in [4.69, 9.17) is 14.2 Å². The lowest BCUT2D eigenvalue weighted by Crippen LogP contribution is -2.29. The third-order valence-corrected chi connectivity index (χ3v) is 4.31. The highest BCUT2D eigenvalue weighted by Crippen LogP contribution is 2.25. The summed E-state index contributed by atoms with van der Waals surface area (Å²) in [5.41, 5.74) is 0.714. The number of para-hydroxylation sites is 2. The molecule has 9 heteroatoms. The molecule has 0 aliphatic carbocycles. The van der Waals surface area contributed by atoms with Gasteiger partial charge in [0.2, 0.25) is 5.82 Å². The van der Waals surface area contributed by atoms with Crippen LogP contribution in [0.4, 0.5) is 0 Å². The lowest BCUT2D eigenvalue weighted by Gasteiger charge is -2.11. The minimum absolute atomic E-state index is 0.0224. The summed E-state index contributed by atoms with van der Waals surface area (Å²) in [6, 6.07) is 14.4. The standard InChI is InChI=1S/C21H24N4O5/c1-28-16-9-7-15(8-10-16)17(26)13-25-14-23-20(24-25)21(27)22-11-12-30-19-6-4-3-5-18(19)29-2/h3-10,14,17,26H,11-13H2,1-2H3,(H,22,27)/t17-/m1/s1. The zero-order chi connectivity index (χ0) is 21.3. The van der Waals surface area contributed by atoms with Crippen LogP contribution in [0.25, 0.3) is 0 Å². The zero-order valence-electron chi connectivity index (χ0n) is 16.8. The second kappa shape index (κ2) is 10.3. The largest absolute Gasteiger partial charge is 0.497 e. The van der Waals surface area contributed by atoms with E-state index in [1.165, 1.54) is 11.0 Å². The third-order valence-electron chi connectivity index (χ3n) is 4.31. The molecule has 1 aromatic heterocycles. The van der Waals surface area contributed by atoms with E-state index in [2.05, 4.69) is 15.4 Å². The van der Waals surface area contributed by atoms with Crippen molar-refractivity contribution in [3.05, 3.63) is 66.2 Å². The first-order chi connectivity index (χ1) is 14.6. The van der Waals surface area contributed by atoms with Crippen molar-refractivity contribution >= 4 is 5.91 Å². The third kappa shape index (κ3) is 5.48. The van der Waals surface area contributed by atoms with Gasteiger partial charge < -0.3 is 24.6 Å². The first-order valence-corrected chi connectivity index (χ1v) is 9.36. The Morgan fingerprint density at radius 2 is 1.83 bits per heavy atom. The number of hydrogen-bond donors (Lipinski definition) is 2. The topological polar surface area (TPSA) is 108 Å². The van der Waals surface area contributed by atoms with Crippen molar-refractivity contribution in [1.82, 2.24) is 20.1 Å². The van der Waals surface area contributed by atoms with Gasteiger partial charge >= 0.3 is 0 Å². The van der Waals surface area contributed by atoms with E-state index in [9.17, 15) is 9.90 Å². The number of aliphatic hydroxyl groups is 1. The molecule has 0 aliphatic heterocycles. The van der Waals surface area contributed by atoms with Gasteiger partial charge in [-0.1, -0.05) is 24.3 Å². The molecule has 2 aromatic carbocycles. The van der Waals surface area contributed by atoms with E-state index < -0.39 is 12.0 Å². The van der Waals surface area contributed by atoms with Gasteiger partial charge in [0.25, 0.3) is 5.91 Å². The summed E-state index contributed by atoms with van der Waals surface area (Å²) >= 11 is 0. The number of carbonyl (C=O) groups is 1. The minimum atomic E-state index is -0.789. The maximum Gasteiger partial charge on any atom is 0.291 e. The number of ether oxygens (including phenoxy) is 3. The highest BCUT2D eigenvalue weighted by molar-refractivity contribution is 5.90. The maximum absolute atomic E-state index is 12.2. The number of hydrogen-bond acceptors (Lipinski definition) is 7. The summed E-state index contributed by atoms with van der Waals surface area (Å²) in [5.74, 6) is 1.54. The van der Waals surface area contributed by atoms with E-state index in [0.717, 1.165) is 0 Å². The summed E-state index contributed by atoms with van der Waals surface area (Å²) in [6.45, 7) is 0.715. The molecule has 1 heterocycles. The lowest BCUT2D eigenvalue weighted by molar-refractivity contribution is 0.0934. The Morgan fingerprint density at radius 3 is 2.53 bits per heavy atom. The molecule has 30 heavy (non-hydrogen) atoms. The number of amides is 1. The summed E-state index contributed by atoms with van der Waals surface area (Å²) in [5, 5.41) is 17.2. The zero-order valence-corrected chi connectivity index (χ0v) is 16.8. The molecule has 2 N–H and O–H groups in total. The lowest BCUT2D eigenvalue weighted by atomic mass is 10.1. The number of aromatic nitrogens is 3. The quantitative estimate of drug-likeness (QED) is 0.489. The van der Waals surface area contributed by atoms with Gasteiger partial charge in [0, 0.05) is 0 Å². The summed E-state index contributed by atoms with van der Waals surface area (Å²) < 4.78 is 17.3. The van der Waals surface area contributed by atoms with Gasteiger partial charge in [-0.05, 0) is 29.8 Å². The van der Waals surface area contributed by atoms with Crippen LogP contribution in [0.2, 0.25) is 0 Å². The van der Waals surface area contributed by atoms with Crippen molar-refractivity contribution in [3.63, 3.8) is 0 Å². The number of carbonyl (C=O) groups excluding carboxylic acids is 1. The molecule has 0 bridgehead atoms. The van der Waals surface area contributed by atoms with Crippen LogP contribution in [0.5, 0.6) is 17.2 Å². The van der Waals surface area contributed by atoms with Crippen molar-refractivity contribution in [2.75, 3.05) is 27.4 Å². The Kier molecular flexibility index (Phi) is 7.23. The van der Waals surface area contributed by atoms with Crippen LogP contribution >= 0.6 is 0 Å². The average Bonchev–Trinajstić information content (AvgIpc) is 3.25. The Balaban J connectivity index is 1.47. The highest BCUT2D eigenvalue weighted by Gasteiger charge is 2.14. The second-order valence-electron chi connectivity index (χ2n) is 6.33. The van der Waals surface area contributed by atoms with E-state index in [1.807, 2.05) is 12.1 Å². The van der Waals surface area contributed by atoms with Gasteiger partial charge in [0.15, 0.2) is 11.5 Å². The minimum Gasteiger partial charge on any atom is -0.497 e. The van der Waals surface area contributed by atoms with Crippen LogP contribution in [-0.2, 0) is 6.54 Å². The molecular formula is C21H24N4O5. The molecular weight excluding hydrogens is 388 g/mol. The molecule has 0 fully saturated rings. The number of aliphatic hydroxyl groups excluding tert-OH is 1. The number of rotatable bonds is 10. The number of nitrogens with one attached hydrogen (secondary N) is 1. The van der Waals surface area contributed by atoms with Crippen molar-refractivity contribution in [2.24, 2.45) is 0 Å². The summed E-state index contributed by atoms with van der Waals surface area (Å²) in [6.07, 6.45) is 0.621. The average molecular weight is 412 g/mol. The fourth-order valence-corrected chi connectivity index (χ4v) is 2.74. The Hall–Kier alpha value is -3.59. The SMILES string of the molecule is COc1ccc([C@H](O)Cn2cnc(C(=O)NCCOc3ccccc3OC)n2)cc1. The number of methoxy groups -OCH3 is 2. The van der Waals surface area contributed by atoms with Gasteiger partial charge in [-0.2, -0.15) is 0 Å². The monoisotopic (exact) mass is 412 g/mol. The first kappa shape index (κ1) is 21.1. The molecule has 1 atom stereocenters. The predicted octanol–water partition coefficient (Wildman–Crippen LogP) is 1.84. The van der Waals surface area contributed by atoms with E-state index in [0.29, 0.717) is 22.8 Å². The van der Waals surface area contributed by atoms with Crippen LogP contribution < -0.4 is 19.5 Å². The normalized spacial score (nSPS) is 11.6. The Morgan fingerprint density at radius 1 is 1.10 bits per heavy atom. The molecule has 0 radical (unpaired) electrons. The molecule has 0 saturated carbocycles. The fourth-order valence-electron chi connectivity index (χ4n) is 2.74. The van der Waals surface area contributed by atoms with Crippen LogP contribution in [0, 0.1) is 0 Å². The van der Waals surface area contributed by atoms with Crippen LogP contribution in [0.3, 0.4) is 0 Å². The molecule has 0 aliphatic rings. The van der Waals surface area contributed by atoms with E-state index in [1.54, 1.807) is 50.6 Å². The van der Waals surface area contributed by atoms with Crippen molar-refractivity contribution < 1.29 is 24.1 Å². The van der Waals surface area contributed by atoms with E-state index in [-0.39, 0.29) is 25.5 Å². The van der Waals surface area contributed by atoms with Crippen LogP contribution in [0.15, 0.2) is 54.9 Å². The predicted molar refractivity (Wildman–Crippen MR) is 109 cm³/mol. The van der Waals surface area contributed by atoms with Gasteiger partial charge in [0.1, 0.15) is 18.7 Å². The highest BCUT2D eigenvalue weighted by atomic mass is 16.5. The van der Waals surface area contributed by atoms with Gasteiger partial charge in [-0.25, -0.2) is 9.67 Å². The van der Waals surface area contributed by atoms with Crippen molar-refractivity contribution in [3.8, 4) is 17.2 Å². The number of nitrogens with zero attached hydrogens (tertiary/aromatic N) is 3. The molecule has 9 nitrogen and oxygen atoms in total. The number of benzene rings is 2. The van der Waals surface area contributed by atoms with Gasteiger partial charge in [-0.3, -0.25) is 4.79 Å². The van der Waals surface area contributed by atoms with Gasteiger partial charge in [-0.15, -0.1) is 5.10 Å². The molecule has 3 aromatic rings. The van der Waals surface area contributed by atoms with Crippen LogP contribution in [0.1, 0.15) is 22.3 Å².